The molecule has 1 saturated heterocycles. The van der Waals surface area contributed by atoms with Gasteiger partial charge in [0.25, 0.3) is 0 Å². The topological polar surface area (TPSA) is 72.1 Å². The van der Waals surface area contributed by atoms with Gasteiger partial charge in [-0.3, -0.25) is 4.79 Å². The van der Waals surface area contributed by atoms with Crippen LogP contribution in [-0.2, 0) is 11.2 Å². The zero-order valence-corrected chi connectivity index (χ0v) is 14.8. The summed E-state index contributed by atoms with van der Waals surface area (Å²) in [4.78, 5) is 22.2. The summed E-state index contributed by atoms with van der Waals surface area (Å²) >= 11 is 9.71. The van der Waals surface area contributed by atoms with E-state index in [0.29, 0.717) is 24.4 Å². The number of carbonyl (C=O) groups excluding carboxylic acids is 1. The summed E-state index contributed by atoms with van der Waals surface area (Å²) in [5, 5.41) is 0.678. The summed E-state index contributed by atoms with van der Waals surface area (Å²) in [6.45, 7) is 1.17. The van der Waals surface area contributed by atoms with Gasteiger partial charge in [0.05, 0.1) is 6.54 Å². The molecule has 0 radical (unpaired) electrons. The van der Waals surface area contributed by atoms with Crippen LogP contribution in [-0.4, -0.2) is 28.8 Å². The number of piperidine rings is 1. The zero-order valence-electron chi connectivity index (χ0n) is 12.4. The highest BCUT2D eigenvalue weighted by Gasteiger charge is 2.21. The molecule has 0 unspecified atom stereocenters. The Kier molecular flexibility index (Phi) is 4.82. The molecule has 0 aliphatic carbocycles. The van der Waals surface area contributed by atoms with Crippen LogP contribution in [0.1, 0.15) is 24.0 Å². The largest absolute Gasteiger partial charge is 0.368 e. The molecule has 3 rings (SSSR count). The van der Waals surface area contributed by atoms with Crippen LogP contribution in [0.15, 0.2) is 28.9 Å². The maximum Gasteiger partial charge on any atom is 0.221 e. The third kappa shape index (κ3) is 3.82. The van der Waals surface area contributed by atoms with Crippen molar-refractivity contribution in [2.45, 2.75) is 19.3 Å². The van der Waals surface area contributed by atoms with Crippen LogP contribution in [0.3, 0.4) is 0 Å². The van der Waals surface area contributed by atoms with Gasteiger partial charge in [-0.1, -0.05) is 33.6 Å². The van der Waals surface area contributed by atoms with E-state index < -0.39 is 0 Å². The van der Waals surface area contributed by atoms with Crippen molar-refractivity contribution in [1.82, 2.24) is 9.97 Å². The van der Waals surface area contributed by atoms with Crippen LogP contribution < -0.4 is 10.6 Å². The molecule has 2 N–H and O–H groups in total. The lowest BCUT2D eigenvalue weighted by Gasteiger charge is -2.28. The van der Waals surface area contributed by atoms with Crippen molar-refractivity contribution in [2.24, 2.45) is 0 Å². The predicted molar refractivity (Wildman–Crippen MR) is 94.9 cm³/mol. The minimum absolute atomic E-state index is 0.212. The molecule has 0 amide bonds. The van der Waals surface area contributed by atoms with Crippen molar-refractivity contribution in [3.05, 3.63) is 45.0 Å². The second-order valence-corrected chi connectivity index (χ2v) is 6.88. The van der Waals surface area contributed by atoms with E-state index in [0.717, 1.165) is 34.4 Å². The summed E-state index contributed by atoms with van der Waals surface area (Å²) in [5.74, 6) is 1.16. The Balaban J connectivity index is 1.94. The fraction of sp³-hybridized carbons (Fsp3) is 0.312. The third-order valence-corrected chi connectivity index (χ3v) is 4.65. The Hall–Kier alpha value is -1.66. The molecular formula is C16H16BrClN4O. The van der Waals surface area contributed by atoms with Crippen LogP contribution in [0, 0.1) is 0 Å². The average molecular weight is 396 g/mol. The molecule has 23 heavy (non-hydrogen) atoms. The van der Waals surface area contributed by atoms with Gasteiger partial charge in [0.2, 0.25) is 5.95 Å². The summed E-state index contributed by atoms with van der Waals surface area (Å²) < 4.78 is 0.932. The highest BCUT2D eigenvalue weighted by molar-refractivity contribution is 9.10. The van der Waals surface area contributed by atoms with Crippen LogP contribution >= 0.6 is 27.5 Å². The van der Waals surface area contributed by atoms with Crippen molar-refractivity contribution in [1.29, 1.82) is 0 Å². The van der Waals surface area contributed by atoms with Crippen LogP contribution in [0.25, 0.3) is 0 Å². The standard InChI is InChI=1S/C16H16BrClN4O/c17-12-4-3-10(14(18)7-12)6-11-8-20-16(19)21-15(11)22-5-1-2-13(23)9-22/h3-4,7-8H,1-2,5-6,9H2,(H2,19,20,21). The molecule has 1 aromatic carbocycles. The number of nitrogens with zero attached hydrogens (tertiary/aromatic N) is 3. The fourth-order valence-corrected chi connectivity index (χ4v) is 3.44. The number of aromatic nitrogens is 2. The molecule has 1 aliphatic heterocycles. The number of halogens is 2. The molecule has 2 heterocycles. The lowest BCUT2D eigenvalue weighted by Crippen LogP contribution is -2.37. The summed E-state index contributed by atoms with van der Waals surface area (Å²) in [6, 6.07) is 5.77. The second-order valence-electron chi connectivity index (χ2n) is 5.55. The number of benzene rings is 1. The SMILES string of the molecule is Nc1ncc(Cc2ccc(Br)cc2Cl)c(N2CCCC(=O)C2)n1. The first kappa shape index (κ1) is 16.2. The molecule has 0 spiro atoms. The number of rotatable bonds is 3. The zero-order chi connectivity index (χ0) is 16.4. The molecule has 1 fully saturated rings. The first-order valence-corrected chi connectivity index (χ1v) is 8.52. The molecule has 1 aliphatic rings. The number of hydrogen-bond donors (Lipinski definition) is 1. The second kappa shape index (κ2) is 6.84. The Bertz CT molecular complexity index is 753. The van der Waals surface area contributed by atoms with Gasteiger partial charge in [0, 0.05) is 40.6 Å². The van der Waals surface area contributed by atoms with E-state index in [1.807, 2.05) is 23.1 Å². The van der Waals surface area contributed by atoms with Gasteiger partial charge in [0.15, 0.2) is 5.78 Å². The van der Waals surface area contributed by atoms with E-state index in [2.05, 4.69) is 25.9 Å². The predicted octanol–water partition coefficient (Wildman–Crippen LogP) is 3.23. The number of nitrogen functional groups attached to an aromatic ring is 1. The van der Waals surface area contributed by atoms with Crippen LogP contribution in [0.4, 0.5) is 11.8 Å². The number of hydrogen-bond acceptors (Lipinski definition) is 5. The van der Waals surface area contributed by atoms with E-state index in [1.165, 1.54) is 0 Å². The summed E-state index contributed by atoms with van der Waals surface area (Å²) in [5.41, 5.74) is 7.64. The van der Waals surface area contributed by atoms with Crippen LogP contribution in [0.2, 0.25) is 5.02 Å². The van der Waals surface area contributed by atoms with Gasteiger partial charge in [-0.2, -0.15) is 4.98 Å². The molecule has 0 saturated carbocycles. The third-order valence-electron chi connectivity index (χ3n) is 3.81. The molecule has 2 aromatic rings. The summed E-state index contributed by atoms with van der Waals surface area (Å²) in [6.07, 6.45) is 3.77. The Morgan fingerprint density at radius 1 is 1.35 bits per heavy atom. The fourth-order valence-electron chi connectivity index (χ4n) is 2.70. The Morgan fingerprint density at radius 2 is 2.17 bits per heavy atom. The lowest BCUT2D eigenvalue weighted by molar-refractivity contribution is -0.118. The molecule has 0 atom stereocenters. The monoisotopic (exact) mass is 394 g/mol. The number of ketones is 1. The molecule has 1 aromatic heterocycles. The van der Waals surface area contributed by atoms with Gasteiger partial charge in [-0.05, 0) is 24.1 Å². The highest BCUT2D eigenvalue weighted by Crippen LogP contribution is 2.28. The van der Waals surface area contributed by atoms with Gasteiger partial charge < -0.3 is 10.6 Å². The Morgan fingerprint density at radius 3 is 2.91 bits per heavy atom. The van der Waals surface area contributed by atoms with Gasteiger partial charge >= 0.3 is 0 Å². The normalized spacial score (nSPS) is 15.0. The minimum atomic E-state index is 0.212. The van der Waals surface area contributed by atoms with E-state index in [4.69, 9.17) is 17.3 Å². The molecule has 120 valence electrons. The highest BCUT2D eigenvalue weighted by atomic mass is 79.9. The van der Waals surface area contributed by atoms with Crippen molar-refractivity contribution >= 4 is 45.1 Å². The first-order chi connectivity index (χ1) is 11.0. The van der Waals surface area contributed by atoms with Gasteiger partial charge in [-0.25, -0.2) is 4.98 Å². The maximum atomic E-state index is 11.8. The smallest absolute Gasteiger partial charge is 0.221 e. The van der Waals surface area contributed by atoms with E-state index >= 15 is 0 Å². The number of Topliss-reactive ketones (excluding diaryl/α,β-unsaturated/α-hetero) is 1. The van der Waals surface area contributed by atoms with Crippen molar-refractivity contribution in [3.8, 4) is 0 Å². The van der Waals surface area contributed by atoms with E-state index in [-0.39, 0.29) is 11.7 Å². The lowest BCUT2D eigenvalue weighted by atomic mass is 10.0. The molecule has 5 nitrogen and oxygen atoms in total. The van der Waals surface area contributed by atoms with Crippen molar-refractivity contribution < 1.29 is 4.79 Å². The van der Waals surface area contributed by atoms with E-state index in [1.54, 1.807) is 6.20 Å². The Labute approximate surface area is 148 Å². The number of anilines is 2. The van der Waals surface area contributed by atoms with Crippen molar-refractivity contribution in [3.63, 3.8) is 0 Å². The van der Waals surface area contributed by atoms with Gasteiger partial charge in [-0.15, -0.1) is 0 Å². The first-order valence-electron chi connectivity index (χ1n) is 7.35. The molecule has 7 heteroatoms. The maximum absolute atomic E-state index is 11.8. The minimum Gasteiger partial charge on any atom is -0.368 e. The average Bonchev–Trinajstić information content (AvgIpc) is 2.51. The van der Waals surface area contributed by atoms with Crippen LogP contribution in [0.5, 0.6) is 0 Å². The van der Waals surface area contributed by atoms with Crippen molar-refractivity contribution in [2.75, 3.05) is 23.7 Å². The number of carbonyl (C=O) groups is 1. The van der Waals surface area contributed by atoms with E-state index in [9.17, 15) is 4.79 Å². The number of nitrogens with two attached hydrogens (primary N) is 1. The molecular weight excluding hydrogens is 380 g/mol. The quantitative estimate of drug-likeness (QED) is 0.864. The van der Waals surface area contributed by atoms with Gasteiger partial charge in [0.1, 0.15) is 5.82 Å². The summed E-state index contributed by atoms with van der Waals surface area (Å²) in [7, 11) is 0. The molecule has 0 bridgehead atoms.